The van der Waals surface area contributed by atoms with Crippen molar-refractivity contribution in [3.63, 3.8) is 0 Å². The number of nitrogens with one attached hydrogen (secondary N) is 1. The van der Waals surface area contributed by atoms with Gasteiger partial charge in [-0.3, -0.25) is 0 Å². The molecule has 3 nitrogen and oxygen atoms in total. The fourth-order valence-corrected chi connectivity index (χ4v) is 2.60. The summed E-state index contributed by atoms with van der Waals surface area (Å²) < 4.78 is 0. The predicted molar refractivity (Wildman–Crippen MR) is 116 cm³/mol. The third-order valence-electron chi connectivity index (χ3n) is 2.76. The number of nitrogens with zero attached hydrogens (tertiary/aromatic N) is 2. The summed E-state index contributed by atoms with van der Waals surface area (Å²) in [4.78, 5) is 11.0. The average Bonchev–Trinajstić information content (AvgIpc) is 2.93. The molecule has 2 heterocycles. The molecule has 0 unspecified atom stereocenters. The first-order valence-corrected chi connectivity index (χ1v) is 9.28. The summed E-state index contributed by atoms with van der Waals surface area (Å²) in [5.74, 6) is 1.74. The van der Waals surface area contributed by atoms with Crippen molar-refractivity contribution in [3.8, 4) is 0 Å². The lowest BCUT2D eigenvalue weighted by Crippen LogP contribution is -1.96. The van der Waals surface area contributed by atoms with Crippen molar-refractivity contribution in [1.82, 2.24) is 9.97 Å². The highest BCUT2D eigenvalue weighted by Gasteiger charge is 2.06. The maximum absolute atomic E-state index is 5.45. The summed E-state index contributed by atoms with van der Waals surface area (Å²) >= 11 is 1.70. The summed E-state index contributed by atoms with van der Waals surface area (Å²) in [5, 5.41) is 4.20. The second kappa shape index (κ2) is 12.5. The van der Waals surface area contributed by atoms with Crippen LogP contribution in [0.15, 0.2) is 41.9 Å². The molecule has 0 saturated heterocycles. The van der Waals surface area contributed by atoms with Crippen molar-refractivity contribution in [2.45, 2.75) is 48.0 Å². The highest BCUT2D eigenvalue weighted by Crippen LogP contribution is 2.27. The first kappa shape index (κ1) is 23.1. The van der Waals surface area contributed by atoms with Crippen LogP contribution in [-0.2, 0) is 0 Å². The Hall–Kier alpha value is -1.88. The summed E-state index contributed by atoms with van der Waals surface area (Å²) in [6.45, 7) is 15.8. The van der Waals surface area contributed by atoms with Crippen LogP contribution < -0.4 is 5.32 Å². The normalized spacial score (nSPS) is 10.8. The number of hydrogen-bond acceptors (Lipinski definition) is 4. The molecule has 2 rings (SSSR count). The van der Waals surface area contributed by atoms with Crippen LogP contribution in [0.2, 0.25) is 0 Å². The number of fused-ring (bicyclic) bond motifs is 1. The molecule has 5 heteroatoms. The van der Waals surface area contributed by atoms with Crippen LogP contribution in [0.25, 0.3) is 10.2 Å². The van der Waals surface area contributed by atoms with Crippen LogP contribution >= 0.6 is 11.3 Å². The van der Waals surface area contributed by atoms with E-state index in [1.807, 2.05) is 46.0 Å². The van der Waals surface area contributed by atoms with Gasteiger partial charge >= 0.3 is 0 Å². The van der Waals surface area contributed by atoms with Crippen molar-refractivity contribution in [3.05, 3.63) is 52.6 Å². The highest BCUT2D eigenvalue weighted by molar-refractivity contribution is 7.18. The number of aromatic nitrogens is 2. The number of aryl methyl sites for hydroxylation is 2. The van der Waals surface area contributed by atoms with E-state index in [9.17, 15) is 0 Å². The van der Waals surface area contributed by atoms with Gasteiger partial charge in [0.2, 0.25) is 0 Å². The van der Waals surface area contributed by atoms with Gasteiger partial charge in [-0.25, -0.2) is 9.97 Å². The minimum atomic E-state index is 0.776. The van der Waals surface area contributed by atoms with Gasteiger partial charge in [-0.1, -0.05) is 50.6 Å². The molecule has 25 heavy (non-hydrogen) atoms. The zero-order chi connectivity index (χ0) is 19.4. The van der Waals surface area contributed by atoms with E-state index >= 15 is 0 Å². The van der Waals surface area contributed by atoms with E-state index in [1.54, 1.807) is 11.3 Å². The molecule has 2 aromatic rings. The van der Waals surface area contributed by atoms with Gasteiger partial charge in [0.15, 0.2) is 0 Å². The van der Waals surface area contributed by atoms with E-state index in [0.29, 0.717) is 0 Å². The van der Waals surface area contributed by atoms with Gasteiger partial charge in [0.25, 0.3) is 0 Å². The molecule has 0 aliphatic carbocycles. The summed E-state index contributed by atoms with van der Waals surface area (Å²) in [5.41, 5.74) is 1.79. The first-order chi connectivity index (χ1) is 11.8. The maximum Gasteiger partial charge on any atom is 0.138 e. The number of rotatable bonds is 3. The maximum atomic E-state index is 5.45. The van der Waals surface area contributed by atoms with Gasteiger partial charge in [0.05, 0.1) is 5.39 Å². The Morgan fingerprint density at radius 3 is 2.36 bits per heavy atom. The zero-order valence-corrected chi connectivity index (χ0v) is 17.4. The second-order valence-corrected chi connectivity index (χ2v) is 6.86. The molecule has 0 bridgehead atoms. The Bertz CT molecular complexity index is 730. The van der Waals surface area contributed by atoms with Crippen molar-refractivity contribution in [2.24, 2.45) is 0 Å². The van der Waals surface area contributed by atoms with Crippen molar-refractivity contribution >= 4 is 35.2 Å². The van der Waals surface area contributed by atoms with Gasteiger partial charge in [-0.2, -0.15) is 0 Å². The van der Waals surface area contributed by atoms with E-state index < -0.39 is 0 Å². The van der Waals surface area contributed by atoms with E-state index in [1.165, 1.54) is 11.3 Å². The number of anilines is 1. The topological polar surface area (TPSA) is 37.8 Å². The molecule has 0 atom stereocenters. The molecule has 0 aromatic carbocycles. The van der Waals surface area contributed by atoms with Crippen LogP contribution in [0.3, 0.4) is 0 Å². The van der Waals surface area contributed by atoms with Crippen LogP contribution in [0.4, 0.5) is 5.82 Å². The lowest BCUT2D eigenvalue weighted by atomic mass is 9.95. The number of allylic oxidation sites excluding steroid dienone is 5. The van der Waals surface area contributed by atoms with Crippen molar-refractivity contribution in [2.75, 3.05) is 12.4 Å². The molecular weight excluding hydrogens is 325 g/mol. The molecule has 0 aliphatic rings. The molecule has 1 N–H and O–H groups in total. The van der Waals surface area contributed by atoms with Gasteiger partial charge in [0.1, 0.15) is 24.3 Å². The summed E-state index contributed by atoms with van der Waals surface area (Å²) in [6, 6.07) is 2.12. The number of thiophene rings is 1. The predicted octanol–water partition coefficient (Wildman–Crippen LogP) is 5.96. The van der Waals surface area contributed by atoms with E-state index in [0.717, 1.165) is 32.9 Å². The first-order valence-electron chi connectivity index (χ1n) is 8.46. The highest BCUT2D eigenvalue weighted by atomic mass is 32.1. The Morgan fingerprint density at radius 1 is 1.28 bits per heavy atom. The molecule has 134 valence electrons. The average molecular weight is 355 g/mol. The molecule has 2 radical (unpaired) electrons. The van der Waals surface area contributed by atoms with Crippen molar-refractivity contribution < 1.29 is 0 Å². The standard InChI is InChI=1S/C9H11N3S.C8H11B.C3H8/c1-5-4-7-8(10-3)11-6(2)12-9(7)13-5;1-4-8(9)6-5-7(2)3;1-3-2/h4H,1-3H3,(H,10,11,12);4-6H,2H2,1,3H3;3H2,1-2H3/b;6-5-,8-4+;. The second-order valence-electron chi connectivity index (χ2n) is 5.62. The van der Waals surface area contributed by atoms with Crippen LogP contribution in [0.5, 0.6) is 0 Å². The van der Waals surface area contributed by atoms with Gasteiger partial charge in [-0.05, 0) is 33.8 Å². The van der Waals surface area contributed by atoms with Crippen LogP contribution in [0, 0.1) is 13.8 Å². The molecule has 0 aliphatic heterocycles. The number of hydrogen-bond donors (Lipinski definition) is 1. The Morgan fingerprint density at radius 2 is 1.88 bits per heavy atom. The third kappa shape index (κ3) is 9.25. The Labute approximate surface area is 158 Å². The Kier molecular flexibility index (Phi) is 11.5. The fraction of sp³-hybridized carbons (Fsp3) is 0.400. The van der Waals surface area contributed by atoms with Crippen molar-refractivity contribution in [1.29, 1.82) is 0 Å². The lowest BCUT2D eigenvalue weighted by molar-refractivity contribution is 1.09. The van der Waals surface area contributed by atoms with Crippen LogP contribution in [0.1, 0.15) is 44.8 Å². The smallest absolute Gasteiger partial charge is 0.138 e. The minimum absolute atomic E-state index is 0.776. The van der Waals surface area contributed by atoms with Gasteiger partial charge in [0, 0.05) is 11.9 Å². The van der Waals surface area contributed by atoms with E-state index in [-0.39, 0.29) is 0 Å². The molecule has 0 fully saturated rings. The molecule has 0 spiro atoms. The molecular formula is C20H30BN3S. The minimum Gasteiger partial charge on any atom is -0.372 e. The van der Waals surface area contributed by atoms with E-state index in [4.69, 9.17) is 7.85 Å². The Balaban J connectivity index is 0.000000422. The summed E-state index contributed by atoms with van der Waals surface area (Å²) in [7, 11) is 7.34. The molecule has 0 amide bonds. The van der Waals surface area contributed by atoms with Gasteiger partial charge in [-0.15, -0.1) is 16.8 Å². The van der Waals surface area contributed by atoms with Gasteiger partial charge < -0.3 is 5.32 Å². The fourth-order valence-electron chi connectivity index (χ4n) is 1.67. The monoisotopic (exact) mass is 355 g/mol. The van der Waals surface area contributed by atoms with E-state index in [2.05, 4.69) is 48.7 Å². The largest absolute Gasteiger partial charge is 0.372 e. The SMILES string of the molecule is CCC.CNc1nc(C)nc2sc(C)cc12.[B]C(/C=C\C(=C)C)=C/C. The van der Waals surface area contributed by atoms with Crippen LogP contribution in [-0.4, -0.2) is 24.9 Å². The summed E-state index contributed by atoms with van der Waals surface area (Å²) in [6.07, 6.45) is 6.82. The lowest BCUT2D eigenvalue weighted by Gasteiger charge is -2.00. The third-order valence-corrected chi connectivity index (χ3v) is 3.70. The quantitative estimate of drug-likeness (QED) is 0.545. The molecule has 2 aromatic heterocycles. The molecule has 0 saturated carbocycles. The zero-order valence-electron chi connectivity index (χ0n) is 16.6.